The van der Waals surface area contributed by atoms with Crippen LogP contribution in [0.1, 0.15) is 12.7 Å². The first-order valence-electron chi connectivity index (χ1n) is 9.60. The van der Waals surface area contributed by atoms with Gasteiger partial charge in [-0.25, -0.2) is 13.8 Å². The zero-order valence-electron chi connectivity index (χ0n) is 16.7. The third-order valence-electron chi connectivity index (χ3n) is 4.61. The molecule has 0 atom stereocenters. The van der Waals surface area contributed by atoms with Gasteiger partial charge in [-0.1, -0.05) is 53.9 Å². The Hall–Kier alpha value is -2.73. The second-order valence-electron chi connectivity index (χ2n) is 6.87. The Balaban J connectivity index is 1.98. The van der Waals surface area contributed by atoms with Gasteiger partial charge in [0, 0.05) is 33.1 Å². The lowest BCUT2D eigenvalue weighted by atomic mass is 10.00. The number of nitrogens with zero attached hydrogens (tertiary/aromatic N) is 2. The van der Waals surface area contributed by atoms with Crippen LogP contribution in [0.25, 0.3) is 22.4 Å². The minimum atomic E-state index is -1.03. The molecule has 32 heavy (non-hydrogen) atoms. The van der Waals surface area contributed by atoms with Crippen LogP contribution in [0, 0.1) is 11.6 Å². The van der Waals surface area contributed by atoms with Crippen LogP contribution in [-0.2, 0) is 6.42 Å². The normalized spacial score (nSPS) is 10.9. The highest BCUT2D eigenvalue weighted by molar-refractivity contribution is 6.35. The first-order valence-corrected chi connectivity index (χ1v) is 10.7. The van der Waals surface area contributed by atoms with Gasteiger partial charge in [-0.3, -0.25) is 0 Å². The molecule has 1 aromatic heterocycles. The van der Waals surface area contributed by atoms with E-state index < -0.39 is 11.6 Å². The maximum absolute atomic E-state index is 13.8. The first kappa shape index (κ1) is 22.5. The lowest BCUT2D eigenvalue weighted by Gasteiger charge is -2.17. The number of hydrogen-bond donors (Lipinski definition) is 0. The number of aryl methyl sites for hydroxylation is 1. The third kappa shape index (κ3) is 4.85. The number of hydrogen-bond acceptors (Lipinski definition) is 3. The summed E-state index contributed by atoms with van der Waals surface area (Å²) in [5.74, 6) is -1.23. The predicted molar refractivity (Wildman–Crippen MR) is 124 cm³/mol. The molecule has 3 nitrogen and oxygen atoms in total. The molecular formula is C24H15Cl3F2N2O. The van der Waals surface area contributed by atoms with Gasteiger partial charge >= 0.3 is 0 Å². The molecule has 162 valence electrons. The summed E-state index contributed by atoms with van der Waals surface area (Å²) in [4.78, 5) is 9.22. The summed E-state index contributed by atoms with van der Waals surface area (Å²) in [6, 6.07) is 15.4. The summed E-state index contributed by atoms with van der Waals surface area (Å²) in [6.07, 6.45) is 0.510. The van der Waals surface area contributed by atoms with E-state index in [0.717, 1.165) is 12.1 Å². The predicted octanol–water partition coefficient (Wildman–Crippen LogP) is 8.40. The van der Waals surface area contributed by atoms with Crippen molar-refractivity contribution in [3.05, 3.63) is 93.2 Å². The molecule has 0 unspecified atom stereocenters. The van der Waals surface area contributed by atoms with Gasteiger partial charge in [0.15, 0.2) is 11.6 Å². The van der Waals surface area contributed by atoms with Crippen LogP contribution >= 0.6 is 34.8 Å². The van der Waals surface area contributed by atoms with Crippen LogP contribution in [0.5, 0.6) is 11.6 Å². The Morgan fingerprint density at radius 3 is 2.06 bits per heavy atom. The van der Waals surface area contributed by atoms with Crippen molar-refractivity contribution >= 4 is 34.8 Å². The van der Waals surface area contributed by atoms with Crippen LogP contribution in [0.15, 0.2) is 60.7 Å². The van der Waals surface area contributed by atoms with Gasteiger partial charge in [-0.15, -0.1) is 0 Å². The zero-order chi connectivity index (χ0) is 22.8. The van der Waals surface area contributed by atoms with Crippen molar-refractivity contribution in [1.82, 2.24) is 9.97 Å². The summed E-state index contributed by atoms with van der Waals surface area (Å²) in [5.41, 5.74) is 2.42. The summed E-state index contributed by atoms with van der Waals surface area (Å²) >= 11 is 18.6. The van der Waals surface area contributed by atoms with Gasteiger partial charge in [0.05, 0.1) is 11.3 Å². The van der Waals surface area contributed by atoms with E-state index in [2.05, 4.69) is 4.98 Å². The molecule has 0 amide bonds. The molecule has 0 saturated heterocycles. The summed E-state index contributed by atoms with van der Waals surface area (Å²) in [5, 5.41) is 1.43. The van der Waals surface area contributed by atoms with Crippen molar-refractivity contribution < 1.29 is 13.5 Å². The molecule has 0 saturated carbocycles. The van der Waals surface area contributed by atoms with Gasteiger partial charge in [0.2, 0.25) is 5.88 Å². The van der Waals surface area contributed by atoms with Crippen molar-refractivity contribution in [2.45, 2.75) is 13.3 Å². The fraction of sp³-hybridized carbons (Fsp3) is 0.0833. The molecule has 8 heteroatoms. The van der Waals surface area contributed by atoms with Gasteiger partial charge in [0.1, 0.15) is 11.6 Å². The number of halogens is 5. The first-order chi connectivity index (χ1) is 15.3. The van der Waals surface area contributed by atoms with Gasteiger partial charge < -0.3 is 4.74 Å². The smallest absolute Gasteiger partial charge is 0.231 e. The SMILES string of the molecule is CCc1nc(Oc2ccc(F)c(F)c2)c(-c2ccc(Cl)cc2)c(-c2cc(Cl)cc(Cl)c2)n1. The molecule has 0 fully saturated rings. The summed E-state index contributed by atoms with van der Waals surface area (Å²) < 4.78 is 33.1. The van der Waals surface area contributed by atoms with Gasteiger partial charge in [-0.2, -0.15) is 4.98 Å². The van der Waals surface area contributed by atoms with Crippen molar-refractivity contribution in [1.29, 1.82) is 0 Å². The molecule has 0 aliphatic carbocycles. The Morgan fingerprint density at radius 2 is 1.44 bits per heavy atom. The molecule has 4 aromatic rings. The molecule has 4 rings (SSSR count). The van der Waals surface area contributed by atoms with E-state index >= 15 is 0 Å². The Labute approximate surface area is 198 Å². The molecule has 0 spiro atoms. The topological polar surface area (TPSA) is 35.0 Å². The quantitative estimate of drug-likeness (QED) is 0.281. The fourth-order valence-corrected chi connectivity index (χ4v) is 3.80. The van der Waals surface area contributed by atoms with E-state index in [1.165, 1.54) is 6.07 Å². The molecule has 0 N–H and O–H groups in total. The third-order valence-corrected chi connectivity index (χ3v) is 5.30. The summed E-state index contributed by atoms with van der Waals surface area (Å²) in [6.45, 7) is 1.90. The van der Waals surface area contributed by atoms with Gasteiger partial charge in [-0.05, 0) is 48.0 Å². The van der Waals surface area contributed by atoms with Gasteiger partial charge in [0.25, 0.3) is 0 Å². The largest absolute Gasteiger partial charge is 0.438 e. The maximum atomic E-state index is 13.8. The van der Waals surface area contributed by atoms with Crippen LogP contribution in [0.4, 0.5) is 8.78 Å². The Kier molecular flexibility index (Phi) is 6.60. The monoisotopic (exact) mass is 490 g/mol. The average molecular weight is 492 g/mol. The fourth-order valence-electron chi connectivity index (χ4n) is 3.14. The average Bonchev–Trinajstić information content (AvgIpc) is 2.76. The van der Waals surface area contributed by atoms with E-state index in [0.29, 0.717) is 49.7 Å². The second kappa shape index (κ2) is 9.41. The highest BCUT2D eigenvalue weighted by Gasteiger charge is 2.20. The standard InChI is InChI=1S/C24H15Cl3F2N2O/c1-2-21-30-23(14-9-16(26)11-17(27)10-14)22(13-3-5-15(25)6-4-13)24(31-21)32-18-7-8-19(28)20(29)12-18/h3-12H,2H2,1H3. The summed E-state index contributed by atoms with van der Waals surface area (Å²) in [7, 11) is 0. The number of benzene rings is 3. The number of aromatic nitrogens is 2. The molecule has 0 bridgehead atoms. The zero-order valence-corrected chi connectivity index (χ0v) is 18.9. The number of rotatable bonds is 5. The highest BCUT2D eigenvalue weighted by atomic mass is 35.5. The van der Waals surface area contributed by atoms with Crippen molar-refractivity contribution in [3.8, 4) is 34.0 Å². The Bertz CT molecular complexity index is 1280. The molecule has 0 radical (unpaired) electrons. The molecular weight excluding hydrogens is 477 g/mol. The van der Waals surface area contributed by atoms with E-state index in [1.54, 1.807) is 42.5 Å². The molecule has 1 heterocycles. The minimum Gasteiger partial charge on any atom is -0.438 e. The minimum absolute atomic E-state index is 0.0925. The van der Waals surface area contributed by atoms with E-state index in [9.17, 15) is 8.78 Å². The molecule has 0 aliphatic heterocycles. The van der Waals surface area contributed by atoms with Crippen LogP contribution in [0.2, 0.25) is 15.1 Å². The van der Waals surface area contributed by atoms with Crippen LogP contribution in [-0.4, -0.2) is 9.97 Å². The Morgan fingerprint density at radius 1 is 0.750 bits per heavy atom. The lowest BCUT2D eigenvalue weighted by molar-refractivity contribution is 0.446. The van der Waals surface area contributed by atoms with Crippen molar-refractivity contribution in [2.75, 3.05) is 0 Å². The van der Waals surface area contributed by atoms with Crippen molar-refractivity contribution in [2.24, 2.45) is 0 Å². The second-order valence-corrected chi connectivity index (χ2v) is 8.17. The van der Waals surface area contributed by atoms with Crippen LogP contribution in [0.3, 0.4) is 0 Å². The van der Waals surface area contributed by atoms with E-state index in [4.69, 9.17) is 44.5 Å². The van der Waals surface area contributed by atoms with Crippen LogP contribution < -0.4 is 4.74 Å². The molecule has 0 aliphatic rings. The van der Waals surface area contributed by atoms with E-state index in [1.807, 2.05) is 6.92 Å². The highest BCUT2D eigenvalue weighted by Crippen LogP contribution is 2.41. The molecule has 3 aromatic carbocycles. The van der Waals surface area contributed by atoms with E-state index in [-0.39, 0.29) is 11.6 Å². The van der Waals surface area contributed by atoms with Crippen molar-refractivity contribution in [3.63, 3.8) is 0 Å². The maximum Gasteiger partial charge on any atom is 0.231 e. The lowest BCUT2D eigenvalue weighted by Crippen LogP contribution is -2.03. The number of ether oxygens (including phenoxy) is 1.